The molecule has 0 saturated heterocycles. The lowest BCUT2D eigenvalue weighted by Gasteiger charge is -2.01. The zero-order valence-electron chi connectivity index (χ0n) is 6.92. The van der Waals surface area contributed by atoms with Crippen molar-refractivity contribution in [3.8, 4) is 0 Å². The molecule has 0 saturated carbocycles. The highest BCUT2D eigenvalue weighted by atomic mass is 19.1. The summed E-state index contributed by atoms with van der Waals surface area (Å²) in [6, 6.07) is 7.16. The number of alkyl halides is 1. The normalized spacial score (nSPS) is 12.1. The number of halogens is 1. The van der Waals surface area contributed by atoms with Crippen molar-refractivity contribution < 1.29 is 4.39 Å². The fourth-order valence-corrected chi connectivity index (χ4v) is 0.961. The zero-order valence-corrected chi connectivity index (χ0v) is 6.92. The van der Waals surface area contributed by atoms with Crippen LogP contribution in [0.4, 0.5) is 4.39 Å². The third-order valence-corrected chi connectivity index (χ3v) is 1.69. The van der Waals surface area contributed by atoms with Gasteiger partial charge in [-0.15, -0.1) is 0 Å². The lowest BCUT2D eigenvalue weighted by Crippen LogP contribution is -1.93. The van der Waals surface area contributed by atoms with Gasteiger partial charge in [-0.05, 0) is 12.5 Å². The molecule has 1 nitrogen and oxygen atoms in total. The summed E-state index contributed by atoms with van der Waals surface area (Å²) in [5, 5.41) is 0. The van der Waals surface area contributed by atoms with Crippen molar-refractivity contribution in [3.05, 3.63) is 46.8 Å². The molecule has 0 aliphatic rings. The van der Waals surface area contributed by atoms with Gasteiger partial charge < -0.3 is 4.85 Å². The van der Waals surface area contributed by atoms with E-state index in [0.717, 1.165) is 5.56 Å². The Hall–Kier alpha value is -1.36. The summed E-state index contributed by atoms with van der Waals surface area (Å²) in [5.41, 5.74) is 1.70. The molecule has 12 heavy (non-hydrogen) atoms. The molecule has 1 atom stereocenters. The van der Waals surface area contributed by atoms with Crippen molar-refractivity contribution in [2.45, 2.75) is 13.1 Å². The average Bonchev–Trinajstić information content (AvgIpc) is 2.06. The minimum absolute atomic E-state index is 0.0803. The maximum atomic E-state index is 13.1. The Morgan fingerprint density at radius 3 is 2.50 bits per heavy atom. The summed E-state index contributed by atoms with van der Waals surface area (Å²) in [4.78, 5) is 3.01. The molecular formula is C10H10FN. The summed E-state index contributed by atoms with van der Waals surface area (Å²) in [6.07, 6.45) is -1.14. The van der Waals surface area contributed by atoms with Gasteiger partial charge in [0.15, 0.2) is 6.17 Å². The molecule has 2 heteroatoms. The molecular weight excluding hydrogens is 153 g/mol. The Bertz CT molecular complexity index is 284. The molecule has 1 aromatic carbocycles. The molecule has 0 spiro atoms. The lowest BCUT2D eigenvalue weighted by molar-refractivity contribution is 0.367. The Labute approximate surface area is 71.7 Å². The molecule has 0 aliphatic carbocycles. The monoisotopic (exact) mass is 163 g/mol. The molecule has 0 aromatic heterocycles. The number of benzene rings is 1. The molecule has 0 N–H and O–H groups in total. The predicted molar refractivity (Wildman–Crippen MR) is 46.5 cm³/mol. The van der Waals surface area contributed by atoms with E-state index in [1.165, 1.54) is 0 Å². The fraction of sp³-hybridized carbons (Fsp3) is 0.300. The molecule has 0 aliphatic heterocycles. The summed E-state index contributed by atoms with van der Waals surface area (Å²) < 4.78 is 13.1. The van der Waals surface area contributed by atoms with Crippen molar-refractivity contribution >= 4 is 0 Å². The maximum absolute atomic E-state index is 13.1. The van der Waals surface area contributed by atoms with Crippen LogP contribution in [0, 0.1) is 13.5 Å². The van der Waals surface area contributed by atoms with Crippen LogP contribution in [0.2, 0.25) is 0 Å². The van der Waals surface area contributed by atoms with Gasteiger partial charge in [0.2, 0.25) is 6.54 Å². The van der Waals surface area contributed by atoms with E-state index in [2.05, 4.69) is 4.85 Å². The first kappa shape index (κ1) is 8.73. The molecule has 0 amide bonds. The minimum Gasteiger partial charge on any atom is -0.313 e. The van der Waals surface area contributed by atoms with E-state index < -0.39 is 6.17 Å². The smallest absolute Gasteiger partial charge is 0.249 e. The summed E-state index contributed by atoms with van der Waals surface area (Å²) in [5.74, 6) is 0. The Kier molecular flexibility index (Phi) is 2.82. The van der Waals surface area contributed by atoms with Crippen molar-refractivity contribution in [1.29, 1.82) is 0 Å². The van der Waals surface area contributed by atoms with Crippen molar-refractivity contribution in [1.82, 2.24) is 0 Å². The van der Waals surface area contributed by atoms with Crippen LogP contribution in [-0.2, 0) is 0 Å². The highest BCUT2D eigenvalue weighted by molar-refractivity contribution is 5.23. The Morgan fingerprint density at radius 1 is 1.42 bits per heavy atom. The van der Waals surface area contributed by atoms with E-state index in [4.69, 9.17) is 6.57 Å². The third-order valence-electron chi connectivity index (χ3n) is 1.69. The highest BCUT2D eigenvalue weighted by Crippen LogP contribution is 2.17. The van der Waals surface area contributed by atoms with Gasteiger partial charge in [0.1, 0.15) is 0 Å². The molecule has 0 radical (unpaired) electrons. The molecule has 1 unspecified atom stereocenters. The first-order valence-corrected chi connectivity index (χ1v) is 3.78. The summed E-state index contributed by atoms with van der Waals surface area (Å²) in [7, 11) is 0. The van der Waals surface area contributed by atoms with Gasteiger partial charge in [-0.1, -0.05) is 29.8 Å². The van der Waals surface area contributed by atoms with E-state index in [1.807, 2.05) is 19.1 Å². The average molecular weight is 163 g/mol. The molecule has 1 rings (SSSR count). The predicted octanol–water partition coefficient (Wildman–Crippen LogP) is 2.92. The number of nitrogens with zero attached hydrogens (tertiary/aromatic N) is 1. The molecule has 0 heterocycles. The van der Waals surface area contributed by atoms with E-state index in [0.29, 0.717) is 5.56 Å². The van der Waals surface area contributed by atoms with Crippen LogP contribution in [0.15, 0.2) is 24.3 Å². The highest BCUT2D eigenvalue weighted by Gasteiger charge is 2.10. The largest absolute Gasteiger partial charge is 0.313 e. The van der Waals surface area contributed by atoms with Gasteiger partial charge in [-0.2, -0.15) is 0 Å². The summed E-state index contributed by atoms with van der Waals surface area (Å²) in [6.45, 7) is 8.38. The topological polar surface area (TPSA) is 4.36 Å². The van der Waals surface area contributed by atoms with Crippen LogP contribution < -0.4 is 0 Å². The van der Waals surface area contributed by atoms with Gasteiger partial charge in [-0.25, -0.2) is 11.0 Å². The Morgan fingerprint density at radius 2 is 2.00 bits per heavy atom. The van der Waals surface area contributed by atoms with Crippen molar-refractivity contribution in [2.75, 3.05) is 6.54 Å². The van der Waals surface area contributed by atoms with Gasteiger partial charge in [0, 0.05) is 0 Å². The van der Waals surface area contributed by atoms with Gasteiger partial charge >= 0.3 is 0 Å². The molecule has 1 aromatic rings. The van der Waals surface area contributed by atoms with Crippen LogP contribution in [0.5, 0.6) is 0 Å². The van der Waals surface area contributed by atoms with Crippen LogP contribution in [-0.4, -0.2) is 6.54 Å². The lowest BCUT2D eigenvalue weighted by atomic mass is 10.1. The second-order valence-electron chi connectivity index (χ2n) is 2.72. The van der Waals surface area contributed by atoms with Crippen LogP contribution in [0.25, 0.3) is 4.85 Å². The van der Waals surface area contributed by atoms with Crippen molar-refractivity contribution in [3.63, 3.8) is 0 Å². The van der Waals surface area contributed by atoms with E-state index in [-0.39, 0.29) is 6.54 Å². The van der Waals surface area contributed by atoms with Crippen LogP contribution in [0.1, 0.15) is 17.3 Å². The first-order chi connectivity index (χ1) is 5.74. The summed E-state index contributed by atoms with van der Waals surface area (Å²) >= 11 is 0. The quantitative estimate of drug-likeness (QED) is 0.590. The molecule has 62 valence electrons. The number of hydrogen-bond acceptors (Lipinski definition) is 0. The van der Waals surface area contributed by atoms with E-state index >= 15 is 0 Å². The minimum atomic E-state index is -1.14. The zero-order chi connectivity index (χ0) is 8.97. The third kappa shape index (κ3) is 2.06. The van der Waals surface area contributed by atoms with Gasteiger partial charge in [0.05, 0.1) is 0 Å². The van der Waals surface area contributed by atoms with Crippen molar-refractivity contribution in [2.24, 2.45) is 0 Å². The first-order valence-electron chi connectivity index (χ1n) is 3.78. The molecule has 0 bridgehead atoms. The second-order valence-corrected chi connectivity index (χ2v) is 2.72. The number of aryl methyl sites for hydroxylation is 1. The van der Waals surface area contributed by atoms with Gasteiger partial charge in [0.25, 0.3) is 0 Å². The number of hydrogen-bond donors (Lipinski definition) is 0. The second kappa shape index (κ2) is 3.87. The Balaban J connectivity index is 2.76. The molecule has 0 fully saturated rings. The fourth-order valence-electron chi connectivity index (χ4n) is 0.961. The van der Waals surface area contributed by atoms with Gasteiger partial charge in [-0.3, -0.25) is 0 Å². The van der Waals surface area contributed by atoms with Crippen LogP contribution in [0.3, 0.4) is 0 Å². The van der Waals surface area contributed by atoms with E-state index in [1.54, 1.807) is 12.1 Å². The maximum Gasteiger partial charge on any atom is 0.249 e. The van der Waals surface area contributed by atoms with Crippen LogP contribution >= 0.6 is 0 Å². The standard InChI is InChI=1S/C10H10FN/c1-8-3-5-9(6-4-8)10(11)7-12-2/h3-6,10H,7H2,1H3. The van der Waals surface area contributed by atoms with E-state index in [9.17, 15) is 4.39 Å². The SMILES string of the molecule is [C-]#[N+]CC(F)c1ccc(C)cc1. The number of rotatable bonds is 2.